The average molecular weight is 371 g/mol. The van der Waals surface area contributed by atoms with Crippen molar-refractivity contribution in [3.8, 4) is 0 Å². The molecule has 0 bridgehead atoms. The van der Waals surface area contributed by atoms with Crippen LogP contribution in [0.2, 0.25) is 0 Å². The van der Waals surface area contributed by atoms with Crippen molar-refractivity contribution in [2.24, 2.45) is 15.9 Å². The van der Waals surface area contributed by atoms with Crippen molar-refractivity contribution in [3.05, 3.63) is 48.6 Å². The first-order valence-corrected chi connectivity index (χ1v) is 9.13. The lowest BCUT2D eigenvalue weighted by Gasteiger charge is -2.35. The molecule has 6 nitrogen and oxygen atoms in total. The summed E-state index contributed by atoms with van der Waals surface area (Å²) in [6, 6.07) is 9.41. The number of amides is 1. The third kappa shape index (κ3) is 4.96. The van der Waals surface area contributed by atoms with Crippen LogP contribution < -0.4 is 5.32 Å². The molecule has 0 spiro atoms. The normalized spacial score (nSPS) is 21.9. The van der Waals surface area contributed by atoms with Gasteiger partial charge in [0.15, 0.2) is 5.54 Å². The second-order valence-corrected chi connectivity index (χ2v) is 6.94. The van der Waals surface area contributed by atoms with E-state index >= 15 is 0 Å². The number of benzene rings is 1. The van der Waals surface area contributed by atoms with Crippen LogP contribution in [0.1, 0.15) is 25.8 Å². The molecule has 0 aromatic heterocycles. The fourth-order valence-corrected chi connectivity index (χ4v) is 3.12. The molecule has 1 amide bonds. The van der Waals surface area contributed by atoms with Gasteiger partial charge in [-0.15, -0.1) is 6.58 Å². The van der Waals surface area contributed by atoms with Crippen molar-refractivity contribution in [1.82, 2.24) is 5.32 Å². The minimum absolute atomic E-state index is 0.0831. The molecule has 1 aromatic rings. The van der Waals surface area contributed by atoms with Crippen LogP contribution in [-0.4, -0.2) is 50.0 Å². The first kappa shape index (κ1) is 20.7. The second kappa shape index (κ2) is 9.35. The average Bonchev–Trinajstić information content (AvgIpc) is 2.67. The van der Waals surface area contributed by atoms with Gasteiger partial charge in [-0.05, 0) is 11.5 Å². The van der Waals surface area contributed by atoms with Crippen LogP contribution in [0.15, 0.2) is 53.0 Å². The van der Waals surface area contributed by atoms with E-state index in [1.165, 1.54) is 0 Å². The number of aliphatic imine (C=N–C) groups is 2. The fourth-order valence-electron chi connectivity index (χ4n) is 3.12. The summed E-state index contributed by atoms with van der Waals surface area (Å²) in [6.07, 6.45) is 2.53. The van der Waals surface area contributed by atoms with Crippen LogP contribution in [0.25, 0.3) is 0 Å². The molecule has 0 unspecified atom stereocenters. The Balaban J connectivity index is 2.22. The first-order valence-electron chi connectivity index (χ1n) is 9.13. The van der Waals surface area contributed by atoms with Crippen LogP contribution in [0, 0.1) is 5.92 Å². The van der Waals surface area contributed by atoms with Gasteiger partial charge in [-0.1, -0.05) is 50.3 Å². The van der Waals surface area contributed by atoms with Gasteiger partial charge >= 0.3 is 0 Å². The van der Waals surface area contributed by atoms with Crippen LogP contribution in [0.3, 0.4) is 0 Å². The van der Waals surface area contributed by atoms with E-state index in [2.05, 4.69) is 25.7 Å². The van der Waals surface area contributed by atoms with Crippen LogP contribution in [-0.2, 0) is 20.7 Å². The Hall–Kier alpha value is -2.63. The molecule has 0 aliphatic carbocycles. The zero-order valence-electron chi connectivity index (χ0n) is 16.6. The van der Waals surface area contributed by atoms with Gasteiger partial charge in [0.2, 0.25) is 17.7 Å². The maximum absolute atomic E-state index is 12.4. The molecule has 146 valence electrons. The Morgan fingerprint density at radius 1 is 1.30 bits per heavy atom. The molecule has 1 aliphatic rings. The molecular formula is C21H29N3O3. The predicted octanol–water partition coefficient (Wildman–Crippen LogP) is 2.79. The third-order valence-electron chi connectivity index (χ3n) is 4.53. The molecule has 1 heterocycles. The Morgan fingerprint density at radius 3 is 2.56 bits per heavy atom. The zero-order chi connectivity index (χ0) is 19.9. The summed E-state index contributed by atoms with van der Waals surface area (Å²) in [5.74, 6) is 1.16. The predicted molar refractivity (Wildman–Crippen MR) is 108 cm³/mol. The van der Waals surface area contributed by atoms with Crippen molar-refractivity contribution in [2.45, 2.75) is 38.3 Å². The number of nitrogens with one attached hydrogen (secondary N) is 1. The zero-order valence-corrected chi connectivity index (χ0v) is 16.6. The van der Waals surface area contributed by atoms with E-state index in [9.17, 15) is 4.79 Å². The number of hydrogen-bond acceptors (Lipinski definition) is 5. The SMILES string of the molecule is C=CC[C@]1(CNC(=O)Cc2ccccc2)N=C(OC)[C@H](C(C)C)N=C1OC. The monoisotopic (exact) mass is 371 g/mol. The highest BCUT2D eigenvalue weighted by Gasteiger charge is 2.43. The fraction of sp³-hybridized carbons (Fsp3) is 0.476. The summed E-state index contributed by atoms with van der Waals surface area (Å²) in [5, 5.41) is 2.97. The number of carbonyl (C=O) groups excluding carboxylic acids is 1. The molecule has 1 aromatic carbocycles. The van der Waals surface area contributed by atoms with E-state index in [0.717, 1.165) is 5.56 Å². The van der Waals surface area contributed by atoms with Gasteiger partial charge in [0.25, 0.3) is 0 Å². The third-order valence-corrected chi connectivity index (χ3v) is 4.53. The molecule has 6 heteroatoms. The Morgan fingerprint density at radius 2 is 2.00 bits per heavy atom. The van der Waals surface area contributed by atoms with Gasteiger partial charge in [-0.3, -0.25) is 4.79 Å². The lowest BCUT2D eigenvalue weighted by Crippen LogP contribution is -2.53. The van der Waals surface area contributed by atoms with Gasteiger partial charge in [-0.25, -0.2) is 9.98 Å². The van der Waals surface area contributed by atoms with Crippen LogP contribution in [0.5, 0.6) is 0 Å². The molecule has 2 atom stereocenters. The van der Waals surface area contributed by atoms with Crippen LogP contribution >= 0.6 is 0 Å². The number of hydrogen-bond donors (Lipinski definition) is 1. The Kier molecular flexibility index (Phi) is 7.16. The summed E-state index contributed by atoms with van der Waals surface area (Å²) in [4.78, 5) is 22.0. The van der Waals surface area contributed by atoms with Gasteiger partial charge < -0.3 is 14.8 Å². The molecule has 0 radical (unpaired) electrons. The number of carbonyl (C=O) groups is 1. The Labute approximate surface area is 161 Å². The molecule has 1 N–H and O–H groups in total. The van der Waals surface area contributed by atoms with E-state index in [1.807, 2.05) is 30.3 Å². The molecule has 0 saturated heterocycles. The molecular weight excluding hydrogens is 342 g/mol. The summed E-state index contributed by atoms with van der Waals surface area (Å²) in [6.45, 7) is 8.20. The van der Waals surface area contributed by atoms with Crippen molar-refractivity contribution < 1.29 is 14.3 Å². The first-order chi connectivity index (χ1) is 13.0. The van der Waals surface area contributed by atoms with E-state index in [4.69, 9.17) is 19.5 Å². The molecule has 0 fully saturated rings. The van der Waals surface area contributed by atoms with Gasteiger partial charge in [0, 0.05) is 6.42 Å². The number of rotatable bonds is 7. The molecule has 2 rings (SSSR count). The molecule has 1 aliphatic heterocycles. The summed E-state index contributed by atoms with van der Waals surface area (Å²) < 4.78 is 11.1. The lowest BCUT2D eigenvalue weighted by atomic mass is 9.91. The summed E-state index contributed by atoms with van der Waals surface area (Å²) in [5.41, 5.74) is 0.109. The number of nitrogens with zero attached hydrogens (tertiary/aromatic N) is 2. The highest BCUT2D eigenvalue weighted by molar-refractivity contribution is 5.97. The maximum atomic E-state index is 12.4. The topological polar surface area (TPSA) is 72.3 Å². The Bertz CT molecular complexity index is 713. The number of methoxy groups -OCH3 is 2. The largest absolute Gasteiger partial charge is 0.483 e. The minimum Gasteiger partial charge on any atom is -0.483 e. The minimum atomic E-state index is -0.848. The standard InChI is InChI=1S/C21H29N3O3/c1-6-12-21(14-22-17(25)13-16-10-8-7-9-11-16)20(27-5)23-18(15(2)3)19(24-21)26-4/h6-11,15,18H,1,12-14H2,2-5H3,(H,22,25)/t18-,21+/m0/s1. The summed E-state index contributed by atoms with van der Waals surface area (Å²) >= 11 is 0. The maximum Gasteiger partial charge on any atom is 0.224 e. The molecule has 27 heavy (non-hydrogen) atoms. The van der Waals surface area contributed by atoms with E-state index < -0.39 is 5.54 Å². The van der Waals surface area contributed by atoms with E-state index in [1.54, 1.807) is 20.3 Å². The quantitative estimate of drug-likeness (QED) is 0.749. The number of ether oxygens (including phenoxy) is 2. The lowest BCUT2D eigenvalue weighted by molar-refractivity contribution is -0.120. The molecule has 0 saturated carbocycles. The van der Waals surface area contributed by atoms with Crippen molar-refractivity contribution in [3.63, 3.8) is 0 Å². The second-order valence-electron chi connectivity index (χ2n) is 6.94. The smallest absolute Gasteiger partial charge is 0.224 e. The van der Waals surface area contributed by atoms with Crippen LogP contribution in [0.4, 0.5) is 0 Å². The van der Waals surface area contributed by atoms with Crippen molar-refractivity contribution in [1.29, 1.82) is 0 Å². The van der Waals surface area contributed by atoms with Crippen molar-refractivity contribution >= 4 is 17.7 Å². The van der Waals surface area contributed by atoms with E-state index in [0.29, 0.717) is 24.6 Å². The summed E-state index contributed by atoms with van der Waals surface area (Å²) in [7, 11) is 3.17. The van der Waals surface area contributed by atoms with Crippen molar-refractivity contribution in [2.75, 3.05) is 20.8 Å². The van der Waals surface area contributed by atoms with E-state index in [-0.39, 0.29) is 24.4 Å². The van der Waals surface area contributed by atoms with Gasteiger partial charge in [0.1, 0.15) is 6.04 Å². The highest BCUT2D eigenvalue weighted by Crippen LogP contribution is 2.28. The van der Waals surface area contributed by atoms with Gasteiger partial charge in [-0.2, -0.15) is 0 Å². The van der Waals surface area contributed by atoms with Gasteiger partial charge in [0.05, 0.1) is 27.2 Å². The highest BCUT2D eigenvalue weighted by atomic mass is 16.5.